The lowest BCUT2D eigenvalue weighted by Gasteiger charge is -2.25. The second-order valence-electron chi connectivity index (χ2n) is 8.30. The molecule has 1 atom stereocenters. The number of rotatable bonds is 6. The Bertz CT molecular complexity index is 1290. The van der Waals surface area contributed by atoms with Crippen LogP contribution >= 0.6 is 0 Å². The highest BCUT2D eigenvalue weighted by Crippen LogP contribution is 2.40. The fraction of sp³-hybridized carbons (Fsp3) is 0.179. The number of nitrogens with zero attached hydrogens (tertiary/aromatic N) is 1. The van der Waals surface area contributed by atoms with Crippen molar-refractivity contribution >= 4 is 23.4 Å². The number of hydrogen-bond donors (Lipinski definition) is 2. The molecule has 0 bridgehead atoms. The fourth-order valence-electron chi connectivity index (χ4n) is 4.07. The molecule has 0 radical (unpaired) electrons. The van der Waals surface area contributed by atoms with Crippen molar-refractivity contribution in [3.05, 3.63) is 106 Å². The number of hydrogen-bond acceptors (Lipinski definition) is 6. The van der Waals surface area contributed by atoms with Crippen LogP contribution in [0.25, 0.3) is 5.76 Å². The van der Waals surface area contributed by atoms with Gasteiger partial charge in [-0.3, -0.25) is 9.59 Å². The number of aliphatic hydroxyl groups excluding tert-OH is 1. The Morgan fingerprint density at radius 3 is 2.11 bits per heavy atom. The third-order valence-corrected chi connectivity index (χ3v) is 5.89. The van der Waals surface area contributed by atoms with Crippen molar-refractivity contribution in [3.63, 3.8) is 0 Å². The molecule has 1 saturated heterocycles. The number of esters is 1. The molecule has 3 aromatic carbocycles. The van der Waals surface area contributed by atoms with Crippen LogP contribution in [-0.2, 0) is 20.9 Å². The van der Waals surface area contributed by atoms with E-state index in [-0.39, 0.29) is 30.2 Å². The molecule has 7 heteroatoms. The Labute approximate surface area is 202 Å². The van der Waals surface area contributed by atoms with Gasteiger partial charge in [-0.05, 0) is 49.2 Å². The van der Waals surface area contributed by atoms with Gasteiger partial charge in [-0.1, -0.05) is 54.1 Å². The number of carbonyl (C=O) groups is 3. The van der Waals surface area contributed by atoms with Crippen LogP contribution in [0.4, 0.5) is 0 Å². The Balaban J connectivity index is 1.75. The molecule has 2 N–H and O–H groups in total. The van der Waals surface area contributed by atoms with E-state index >= 15 is 0 Å². The molecule has 1 aliphatic heterocycles. The van der Waals surface area contributed by atoms with Crippen LogP contribution < -0.4 is 0 Å². The van der Waals surface area contributed by atoms with E-state index < -0.39 is 23.7 Å². The van der Waals surface area contributed by atoms with Gasteiger partial charge in [0.1, 0.15) is 11.5 Å². The van der Waals surface area contributed by atoms with Crippen LogP contribution in [0.2, 0.25) is 0 Å². The zero-order chi connectivity index (χ0) is 25.1. The van der Waals surface area contributed by atoms with Crippen molar-refractivity contribution in [2.45, 2.75) is 26.4 Å². The number of benzene rings is 3. The number of aliphatic hydroxyl groups is 1. The van der Waals surface area contributed by atoms with E-state index in [9.17, 15) is 24.6 Å². The number of phenols is 1. The third-order valence-electron chi connectivity index (χ3n) is 5.89. The first-order chi connectivity index (χ1) is 16.8. The van der Waals surface area contributed by atoms with Gasteiger partial charge in [0, 0.05) is 12.1 Å². The van der Waals surface area contributed by atoms with Gasteiger partial charge in [-0.2, -0.15) is 0 Å². The Morgan fingerprint density at radius 2 is 1.51 bits per heavy atom. The lowest BCUT2D eigenvalue weighted by molar-refractivity contribution is -0.140. The average molecular weight is 472 g/mol. The molecule has 1 heterocycles. The van der Waals surface area contributed by atoms with Crippen LogP contribution in [-0.4, -0.2) is 39.4 Å². The van der Waals surface area contributed by atoms with Gasteiger partial charge in [0.25, 0.3) is 11.7 Å². The minimum atomic E-state index is -0.860. The maximum absolute atomic E-state index is 13.1. The van der Waals surface area contributed by atoms with Crippen molar-refractivity contribution in [3.8, 4) is 5.75 Å². The predicted molar refractivity (Wildman–Crippen MR) is 130 cm³/mol. The van der Waals surface area contributed by atoms with E-state index in [1.54, 1.807) is 55.5 Å². The van der Waals surface area contributed by atoms with E-state index in [4.69, 9.17) is 4.74 Å². The van der Waals surface area contributed by atoms with E-state index in [0.29, 0.717) is 22.3 Å². The fourth-order valence-corrected chi connectivity index (χ4v) is 4.07. The molecule has 1 unspecified atom stereocenters. The summed E-state index contributed by atoms with van der Waals surface area (Å²) in [5.41, 5.74) is 3.04. The maximum atomic E-state index is 13.1. The summed E-state index contributed by atoms with van der Waals surface area (Å²) in [4.78, 5) is 39.6. The van der Waals surface area contributed by atoms with E-state index in [1.807, 2.05) is 19.1 Å². The van der Waals surface area contributed by atoms with Crippen LogP contribution in [0.3, 0.4) is 0 Å². The van der Waals surface area contributed by atoms with Crippen LogP contribution in [0, 0.1) is 6.92 Å². The second kappa shape index (κ2) is 9.85. The summed E-state index contributed by atoms with van der Waals surface area (Å²) < 4.78 is 5.00. The standard InChI is InChI=1S/C28H25NO6/c1-3-35-28(34)21-10-6-18(7-11-21)16-29-24(19-12-14-22(30)15-13-19)23(26(32)27(29)33)25(31)20-8-4-17(2)5-9-20/h4-15,24,30-31H,3,16H2,1-2H3/b25-23+. The molecule has 35 heavy (non-hydrogen) atoms. The van der Waals surface area contributed by atoms with Crippen molar-refractivity contribution in [2.75, 3.05) is 6.61 Å². The summed E-state index contributed by atoms with van der Waals surface area (Å²) in [7, 11) is 0. The monoisotopic (exact) mass is 471 g/mol. The maximum Gasteiger partial charge on any atom is 0.338 e. The molecule has 4 rings (SSSR count). The van der Waals surface area contributed by atoms with Gasteiger partial charge in [-0.15, -0.1) is 0 Å². The number of phenolic OH excluding ortho intramolecular Hbond substituents is 1. The first-order valence-electron chi connectivity index (χ1n) is 11.2. The van der Waals surface area contributed by atoms with E-state index in [0.717, 1.165) is 5.56 Å². The predicted octanol–water partition coefficient (Wildman–Crippen LogP) is 4.50. The normalized spacial score (nSPS) is 17.0. The molecule has 1 aliphatic rings. The Hall–Kier alpha value is -4.39. The number of carbonyl (C=O) groups excluding carboxylic acids is 3. The first-order valence-corrected chi connectivity index (χ1v) is 11.2. The van der Waals surface area contributed by atoms with Crippen molar-refractivity contribution < 1.29 is 29.3 Å². The summed E-state index contributed by atoms with van der Waals surface area (Å²) in [5.74, 6) is -2.20. The molecule has 1 fully saturated rings. The highest BCUT2D eigenvalue weighted by atomic mass is 16.5. The number of amides is 1. The Morgan fingerprint density at radius 1 is 0.914 bits per heavy atom. The van der Waals surface area contributed by atoms with Crippen LogP contribution in [0.15, 0.2) is 78.4 Å². The zero-order valence-corrected chi connectivity index (χ0v) is 19.4. The van der Waals surface area contributed by atoms with Gasteiger partial charge in [0.2, 0.25) is 0 Å². The number of aryl methyl sites for hydroxylation is 1. The number of ketones is 1. The summed E-state index contributed by atoms with van der Waals surface area (Å²) in [6, 6.07) is 18.9. The smallest absolute Gasteiger partial charge is 0.338 e. The molecule has 3 aromatic rings. The molecular formula is C28H25NO6. The number of aromatic hydroxyl groups is 1. The van der Waals surface area contributed by atoms with E-state index in [2.05, 4.69) is 0 Å². The van der Waals surface area contributed by atoms with Crippen LogP contribution in [0.5, 0.6) is 5.75 Å². The number of ether oxygens (including phenoxy) is 1. The van der Waals surface area contributed by atoms with Crippen molar-refractivity contribution in [2.24, 2.45) is 0 Å². The number of Topliss-reactive ketones (excluding diaryl/α,β-unsaturated/α-hetero) is 1. The highest BCUT2D eigenvalue weighted by Gasteiger charge is 2.46. The van der Waals surface area contributed by atoms with Crippen molar-refractivity contribution in [1.29, 1.82) is 0 Å². The minimum absolute atomic E-state index is 0.0207. The van der Waals surface area contributed by atoms with Crippen LogP contribution in [0.1, 0.15) is 45.6 Å². The van der Waals surface area contributed by atoms with Crippen molar-refractivity contribution in [1.82, 2.24) is 4.90 Å². The third kappa shape index (κ3) is 4.80. The highest BCUT2D eigenvalue weighted by molar-refractivity contribution is 6.46. The molecule has 0 saturated carbocycles. The largest absolute Gasteiger partial charge is 0.508 e. The first kappa shape index (κ1) is 23.8. The lowest BCUT2D eigenvalue weighted by Crippen LogP contribution is -2.29. The molecular weight excluding hydrogens is 446 g/mol. The van der Waals surface area contributed by atoms with Gasteiger partial charge in [0.15, 0.2) is 0 Å². The minimum Gasteiger partial charge on any atom is -0.508 e. The average Bonchev–Trinajstić information content (AvgIpc) is 3.10. The van der Waals surface area contributed by atoms with Gasteiger partial charge < -0.3 is 19.8 Å². The van der Waals surface area contributed by atoms with Gasteiger partial charge in [-0.25, -0.2) is 4.79 Å². The summed E-state index contributed by atoms with van der Waals surface area (Å²) in [5, 5.41) is 20.8. The Kier molecular flexibility index (Phi) is 6.68. The topological polar surface area (TPSA) is 104 Å². The zero-order valence-electron chi connectivity index (χ0n) is 19.4. The van der Waals surface area contributed by atoms with Gasteiger partial charge in [0.05, 0.1) is 23.8 Å². The summed E-state index contributed by atoms with van der Waals surface area (Å²) >= 11 is 0. The quantitative estimate of drug-likeness (QED) is 0.237. The molecule has 178 valence electrons. The summed E-state index contributed by atoms with van der Waals surface area (Å²) in [6.45, 7) is 3.97. The molecule has 0 aromatic heterocycles. The SMILES string of the molecule is CCOC(=O)c1ccc(CN2C(=O)C(=O)/C(=C(/O)c3ccc(C)cc3)C2c2ccc(O)cc2)cc1. The molecule has 0 spiro atoms. The molecule has 1 amide bonds. The molecule has 0 aliphatic carbocycles. The van der Waals surface area contributed by atoms with Gasteiger partial charge >= 0.3 is 5.97 Å². The second-order valence-corrected chi connectivity index (χ2v) is 8.30. The summed E-state index contributed by atoms with van der Waals surface area (Å²) in [6.07, 6.45) is 0. The van der Waals surface area contributed by atoms with E-state index in [1.165, 1.54) is 17.0 Å². The number of likely N-dealkylation sites (tertiary alicyclic amines) is 1. The molecule has 7 nitrogen and oxygen atoms in total. The lowest BCUT2D eigenvalue weighted by atomic mass is 9.95.